The SMILES string of the molecule is NCc1nc(C2CCCSC2)n[nH]1. The van der Waals surface area contributed by atoms with Gasteiger partial charge in [-0.1, -0.05) is 0 Å². The third-order valence-electron chi connectivity index (χ3n) is 2.27. The van der Waals surface area contributed by atoms with Gasteiger partial charge in [-0.2, -0.15) is 16.9 Å². The van der Waals surface area contributed by atoms with Crippen molar-refractivity contribution in [2.24, 2.45) is 5.73 Å². The second kappa shape index (κ2) is 4.11. The molecule has 1 aromatic rings. The number of nitrogens with zero attached hydrogens (tertiary/aromatic N) is 2. The molecule has 4 nitrogen and oxygen atoms in total. The van der Waals surface area contributed by atoms with Gasteiger partial charge >= 0.3 is 0 Å². The van der Waals surface area contributed by atoms with Crippen molar-refractivity contribution in [2.45, 2.75) is 25.3 Å². The summed E-state index contributed by atoms with van der Waals surface area (Å²) in [5.74, 6) is 4.72. The Morgan fingerprint density at radius 3 is 3.15 bits per heavy atom. The predicted molar refractivity (Wildman–Crippen MR) is 53.6 cm³/mol. The fraction of sp³-hybridized carbons (Fsp3) is 0.750. The molecule has 1 fully saturated rings. The Labute approximate surface area is 81.7 Å². The van der Waals surface area contributed by atoms with Crippen LogP contribution in [-0.2, 0) is 6.54 Å². The second-order valence-corrected chi connectivity index (χ2v) is 4.41. The topological polar surface area (TPSA) is 67.6 Å². The minimum absolute atomic E-state index is 0.451. The van der Waals surface area contributed by atoms with Gasteiger partial charge in [0.2, 0.25) is 0 Å². The third-order valence-corrected chi connectivity index (χ3v) is 3.48. The number of nitrogens with two attached hydrogens (primary N) is 1. The molecule has 0 bridgehead atoms. The molecular weight excluding hydrogens is 184 g/mol. The average Bonchev–Trinajstić information content (AvgIpc) is 2.67. The summed E-state index contributed by atoms with van der Waals surface area (Å²) in [4.78, 5) is 4.35. The van der Waals surface area contributed by atoms with E-state index >= 15 is 0 Å². The van der Waals surface area contributed by atoms with Crippen LogP contribution in [-0.4, -0.2) is 26.7 Å². The molecule has 2 rings (SSSR count). The predicted octanol–water partition coefficient (Wildman–Crippen LogP) is 0.874. The van der Waals surface area contributed by atoms with E-state index in [1.165, 1.54) is 18.6 Å². The third kappa shape index (κ3) is 2.03. The first-order valence-corrected chi connectivity index (χ1v) is 5.74. The Kier molecular flexibility index (Phi) is 2.85. The Hall–Kier alpha value is -0.550. The zero-order valence-electron chi connectivity index (χ0n) is 7.49. The molecule has 0 saturated carbocycles. The van der Waals surface area contributed by atoms with Crippen molar-refractivity contribution >= 4 is 11.8 Å². The van der Waals surface area contributed by atoms with Crippen LogP contribution in [0.3, 0.4) is 0 Å². The largest absolute Gasteiger partial charge is 0.324 e. The Bertz CT molecular complexity index is 267. The zero-order chi connectivity index (χ0) is 9.10. The van der Waals surface area contributed by atoms with Gasteiger partial charge in [-0.25, -0.2) is 4.98 Å². The van der Waals surface area contributed by atoms with Crippen LogP contribution >= 0.6 is 11.8 Å². The molecule has 1 aliphatic rings. The summed E-state index contributed by atoms with van der Waals surface area (Å²) >= 11 is 1.99. The van der Waals surface area contributed by atoms with Crippen LogP contribution in [0.1, 0.15) is 30.4 Å². The summed E-state index contributed by atoms with van der Waals surface area (Å²) in [6.07, 6.45) is 2.50. The molecule has 2 heterocycles. The Morgan fingerprint density at radius 1 is 1.62 bits per heavy atom. The number of aromatic nitrogens is 3. The maximum atomic E-state index is 5.45. The number of hydrogen-bond donors (Lipinski definition) is 2. The summed E-state index contributed by atoms with van der Waals surface area (Å²) in [6, 6.07) is 0. The molecule has 1 aromatic heterocycles. The number of nitrogens with one attached hydrogen (secondary N) is 1. The molecule has 1 saturated heterocycles. The van der Waals surface area contributed by atoms with Gasteiger partial charge in [-0.3, -0.25) is 5.10 Å². The smallest absolute Gasteiger partial charge is 0.154 e. The van der Waals surface area contributed by atoms with Crippen LogP contribution in [0.2, 0.25) is 0 Å². The molecular formula is C8H14N4S. The fourth-order valence-corrected chi connectivity index (χ4v) is 2.67. The molecule has 0 spiro atoms. The van der Waals surface area contributed by atoms with E-state index in [0.717, 1.165) is 17.4 Å². The fourth-order valence-electron chi connectivity index (χ4n) is 1.53. The van der Waals surface area contributed by atoms with Crippen molar-refractivity contribution < 1.29 is 0 Å². The molecule has 72 valence electrons. The van der Waals surface area contributed by atoms with Crippen molar-refractivity contribution in [1.29, 1.82) is 0 Å². The number of thioether (sulfide) groups is 1. The molecule has 1 atom stereocenters. The van der Waals surface area contributed by atoms with Crippen LogP contribution < -0.4 is 5.73 Å². The number of hydrogen-bond acceptors (Lipinski definition) is 4. The van der Waals surface area contributed by atoms with Gasteiger partial charge in [0.15, 0.2) is 5.82 Å². The minimum Gasteiger partial charge on any atom is -0.324 e. The van der Waals surface area contributed by atoms with E-state index < -0.39 is 0 Å². The average molecular weight is 198 g/mol. The molecule has 3 N–H and O–H groups in total. The van der Waals surface area contributed by atoms with E-state index in [4.69, 9.17) is 5.73 Å². The maximum absolute atomic E-state index is 5.45. The quantitative estimate of drug-likeness (QED) is 0.740. The summed E-state index contributed by atoms with van der Waals surface area (Å²) in [5.41, 5.74) is 5.45. The van der Waals surface area contributed by atoms with E-state index in [-0.39, 0.29) is 0 Å². The lowest BCUT2D eigenvalue weighted by Crippen LogP contribution is -2.10. The first kappa shape index (κ1) is 9.02. The minimum atomic E-state index is 0.451. The van der Waals surface area contributed by atoms with Crippen molar-refractivity contribution in [1.82, 2.24) is 15.2 Å². The molecule has 1 unspecified atom stereocenters. The molecule has 0 aromatic carbocycles. The van der Waals surface area contributed by atoms with Crippen LogP contribution in [0.5, 0.6) is 0 Å². The normalized spacial score (nSPS) is 23.3. The second-order valence-electron chi connectivity index (χ2n) is 3.26. The van der Waals surface area contributed by atoms with Crippen LogP contribution in [0, 0.1) is 0 Å². The first-order chi connectivity index (χ1) is 6.40. The van der Waals surface area contributed by atoms with Gasteiger partial charge in [0.05, 0.1) is 6.54 Å². The summed E-state index contributed by atoms with van der Waals surface area (Å²) in [6.45, 7) is 0.451. The first-order valence-electron chi connectivity index (χ1n) is 4.59. The van der Waals surface area contributed by atoms with Gasteiger partial charge in [0.25, 0.3) is 0 Å². The van der Waals surface area contributed by atoms with Crippen molar-refractivity contribution in [3.05, 3.63) is 11.6 Å². The number of H-pyrrole nitrogens is 1. The molecule has 0 radical (unpaired) electrons. The number of aromatic amines is 1. The van der Waals surface area contributed by atoms with Gasteiger partial charge in [0, 0.05) is 11.7 Å². The highest BCUT2D eigenvalue weighted by Crippen LogP contribution is 2.28. The molecule has 0 amide bonds. The van der Waals surface area contributed by atoms with E-state index in [1.807, 2.05) is 11.8 Å². The van der Waals surface area contributed by atoms with E-state index in [9.17, 15) is 0 Å². The Morgan fingerprint density at radius 2 is 2.54 bits per heavy atom. The highest BCUT2D eigenvalue weighted by atomic mass is 32.2. The van der Waals surface area contributed by atoms with Crippen molar-refractivity contribution in [2.75, 3.05) is 11.5 Å². The molecule has 5 heteroatoms. The van der Waals surface area contributed by atoms with Crippen LogP contribution in [0.4, 0.5) is 0 Å². The van der Waals surface area contributed by atoms with Gasteiger partial charge in [0.1, 0.15) is 5.82 Å². The van der Waals surface area contributed by atoms with Gasteiger partial charge < -0.3 is 5.73 Å². The highest BCUT2D eigenvalue weighted by Gasteiger charge is 2.19. The zero-order valence-corrected chi connectivity index (χ0v) is 8.31. The maximum Gasteiger partial charge on any atom is 0.154 e. The standard InChI is InChI=1S/C8H14N4S/c9-4-7-10-8(12-11-7)6-2-1-3-13-5-6/h6H,1-5,9H2,(H,10,11,12). The van der Waals surface area contributed by atoms with Gasteiger partial charge in [-0.15, -0.1) is 0 Å². The van der Waals surface area contributed by atoms with E-state index in [0.29, 0.717) is 12.5 Å². The summed E-state index contributed by atoms with van der Waals surface area (Å²) < 4.78 is 0. The summed E-state index contributed by atoms with van der Waals surface area (Å²) in [7, 11) is 0. The summed E-state index contributed by atoms with van der Waals surface area (Å²) in [5, 5.41) is 7.04. The Balaban J connectivity index is 2.05. The van der Waals surface area contributed by atoms with E-state index in [2.05, 4.69) is 15.2 Å². The molecule has 1 aliphatic heterocycles. The van der Waals surface area contributed by atoms with Crippen molar-refractivity contribution in [3.63, 3.8) is 0 Å². The van der Waals surface area contributed by atoms with Crippen LogP contribution in [0.15, 0.2) is 0 Å². The molecule has 13 heavy (non-hydrogen) atoms. The lowest BCUT2D eigenvalue weighted by Gasteiger charge is -2.17. The van der Waals surface area contributed by atoms with E-state index in [1.54, 1.807) is 0 Å². The highest BCUT2D eigenvalue weighted by molar-refractivity contribution is 7.99. The monoisotopic (exact) mass is 198 g/mol. The lowest BCUT2D eigenvalue weighted by atomic mass is 10.1. The van der Waals surface area contributed by atoms with Gasteiger partial charge in [-0.05, 0) is 18.6 Å². The number of rotatable bonds is 2. The van der Waals surface area contributed by atoms with Crippen molar-refractivity contribution in [3.8, 4) is 0 Å². The van der Waals surface area contributed by atoms with Crippen LogP contribution in [0.25, 0.3) is 0 Å². The lowest BCUT2D eigenvalue weighted by molar-refractivity contribution is 0.625. The molecule has 0 aliphatic carbocycles.